The molecule has 0 aliphatic carbocycles. The van der Waals surface area contributed by atoms with Crippen molar-refractivity contribution in [2.75, 3.05) is 5.75 Å². The zero-order valence-corrected chi connectivity index (χ0v) is 9.29. The molecule has 0 N–H and O–H groups in total. The predicted octanol–water partition coefficient (Wildman–Crippen LogP) is 2.80. The fourth-order valence-electron chi connectivity index (χ4n) is 1.35. The fourth-order valence-corrected chi connectivity index (χ4v) is 2.13. The Balaban J connectivity index is 2.36. The van der Waals surface area contributed by atoms with Crippen molar-refractivity contribution < 1.29 is 4.42 Å². The molecule has 0 unspecified atom stereocenters. The molecule has 3 nitrogen and oxygen atoms in total. The SMILES string of the molecule is N#CCCSc1cc2ccccc2oc1=O. The molecule has 0 saturated heterocycles. The maximum atomic E-state index is 11.6. The summed E-state index contributed by atoms with van der Waals surface area (Å²) in [4.78, 5) is 12.1. The van der Waals surface area contributed by atoms with Gasteiger partial charge in [-0.3, -0.25) is 0 Å². The maximum absolute atomic E-state index is 11.6. The Kier molecular flexibility index (Phi) is 3.28. The van der Waals surface area contributed by atoms with Gasteiger partial charge in [0.05, 0.1) is 11.0 Å². The molecule has 2 rings (SSSR count). The topological polar surface area (TPSA) is 54.0 Å². The van der Waals surface area contributed by atoms with Gasteiger partial charge in [-0.2, -0.15) is 5.26 Å². The van der Waals surface area contributed by atoms with Gasteiger partial charge in [0.25, 0.3) is 0 Å². The second-order valence-corrected chi connectivity index (χ2v) is 4.33. The molecule has 16 heavy (non-hydrogen) atoms. The van der Waals surface area contributed by atoms with E-state index in [2.05, 4.69) is 0 Å². The number of hydrogen-bond acceptors (Lipinski definition) is 4. The van der Waals surface area contributed by atoms with Crippen molar-refractivity contribution in [2.24, 2.45) is 0 Å². The lowest BCUT2D eigenvalue weighted by molar-refractivity contribution is 0.544. The first-order valence-electron chi connectivity index (χ1n) is 4.84. The highest BCUT2D eigenvalue weighted by Crippen LogP contribution is 2.20. The lowest BCUT2D eigenvalue weighted by Crippen LogP contribution is -2.01. The minimum absolute atomic E-state index is 0.332. The Morgan fingerprint density at radius 2 is 2.19 bits per heavy atom. The highest BCUT2D eigenvalue weighted by molar-refractivity contribution is 7.99. The molecule has 1 aromatic heterocycles. The van der Waals surface area contributed by atoms with Crippen LogP contribution in [0.3, 0.4) is 0 Å². The molecule has 0 atom stereocenters. The summed E-state index contributed by atoms with van der Waals surface area (Å²) in [5.74, 6) is 0.611. The van der Waals surface area contributed by atoms with E-state index in [9.17, 15) is 4.79 Å². The summed E-state index contributed by atoms with van der Waals surface area (Å²) in [6, 6.07) is 11.2. The third-order valence-corrected chi connectivity index (χ3v) is 3.08. The third kappa shape index (κ3) is 2.26. The molecule has 1 heterocycles. The summed E-state index contributed by atoms with van der Waals surface area (Å²) in [6.45, 7) is 0. The molecule has 0 bridgehead atoms. The molecule has 1 aromatic carbocycles. The van der Waals surface area contributed by atoms with E-state index in [-0.39, 0.29) is 5.63 Å². The lowest BCUT2D eigenvalue weighted by Gasteiger charge is -1.99. The molecular formula is C12H9NO2S. The molecule has 0 spiro atoms. The lowest BCUT2D eigenvalue weighted by atomic mass is 10.2. The van der Waals surface area contributed by atoms with Crippen LogP contribution in [0, 0.1) is 11.3 Å². The first kappa shape index (κ1) is 10.8. The van der Waals surface area contributed by atoms with E-state index in [1.54, 1.807) is 6.07 Å². The maximum Gasteiger partial charge on any atom is 0.350 e. The van der Waals surface area contributed by atoms with Crippen molar-refractivity contribution in [2.45, 2.75) is 11.3 Å². The van der Waals surface area contributed by atoms with Gasteiger partial charge in [-0.1, -0.05) is 18.2 Å². The van der Waals surface area contributed by atoms with Gasteiger partial charge in [-0.15, -0.1) is 11.8 Å². The number of nitriles is 1. The normalized spacial score (nSPS) is 10.2. The number of hydrogen-bond donors (Lipinski definition) is 0. The van der Waals surface area contributed by atoms with Gasteiger partial charge in [-0.05, 0) is 12.1 Å². The van der Waals surface area contributed by atoms with E-state index < -0.39 is 0 Å². The van der Waals surface area contributed by atoms with Crippen LogP contribution in [0.1, 0.15) is 6.42 Å². The Morgan fingerprint density at radius 1 is 1.38 bits per heavy atom. The van der Waals surface area contributed by atoms with Crippen LogP contribution in [0.15, 0.2) is 44.4 Å². The van der Waals surface area contributed by atoms with Gasteiger partial charge < -0.3 is 4.42 Å². The number of thioether (sulfide) groups is 1. The Morgan fingerprint density at radius 3 is 3.00 bits per heavy atom. The minimum atomic E-state index is -0.332. The summed E-state index contributed by atoms with van der Waals surface area (Å²) in [6.07, 6.45) is 0.428. The first-order valence-corrected chi connectivity index (χ1v) is 5.82. The summed E-state index contributed by atoms with van der Waals surface area (Å²) in [5.41, 5.74) is 0.263. The first-order chi connectivity index (χ1) is 7.81. The van der Waals surface area contributed by atoms with Gasteiger partial charge in [-0.25, -0.2) is 4.79 Å². The summed E-state index contributed by atoms with van der Waals surface area (Å²) in [5, 5.41) is 9.32. The number of rotatable bonds is 3. The van der Waals surface area contributed by atoms with Gasteiger partial charge in [0, 0.05) is 17.6 Å². The van der Waals surface area contributed by atoms with Gasteiger partial charge in [0.15, 0.2) is 0 Å². The average molecular weight is 231 g/mol. The van der Waals surface area contributed by atoms with Crippen LogP contribution in [-0.2, 0) is 0 Å². The summed E-state index contributed by atoms with van der Waals surface area (Å²) >= 11 is 1.36. The number of nitrogens with zero attached hydrogens (tertiary/aromatic N) is 1. The van der Waals surface area contributed by atoms with E-state index in [0.29, 0.717) is 22.7 Å². The molecule has 0 saturated carbocycles. The zero-order chi connectivity index (χ0) is 11.4. The van der Waals surface area contributed by atoms with Crippen molar-refractivity contribution in [1.29, 1.82) is 5.26 Å². The molecule has 2 aromatic rings. The Hall–Kier alpha value is -1.73. The van der Waals surface area contributed by atoms with Gasteiger partial charge in [0.2, 0.25) is 0 Å². The third-order valence-electron chi connectivity index (χ3n) is 2.08. The molecule has 0 aliphatic heterocycles. The van der Waals surface area contributed by atoms with Crippen molar-refractivity contribution >= 4 is 22.7 Å². The second-order valence-electron chi connectivity index (χ2n) is 3.19. The number of para-hydroxylation sites is 1. The molecular weight excluding hydrogens is 222 g/mol. The Bertz CT molecular complexity index is 598. The van der Waals surface area contributed by atoms with E-state index in [1.165, 1.54) is 11.8 Å². The van der Waals surface area contributed by atoms with Crippen molar-refractivity contribution in [3.8, 4) is 6.07 Å². The molecule has 0 fully saturated rings. The average Bonchev–Trinajstić information content (AvgIpc) is 2.30. The van der Waals surface area contributed by atoms with Gasteiger partial charge >= 0.3 is 5.63 Å². The van der Waals surface area contributed by atoms with E-state index in [1.807, 2.05) is 30.3 Å². The predicted molar refractivity (Wildman–Crippen MR) is 63.4 cm³/mol. The van der Waals surface area contributed by atoms with Crippen LogP contribution < -0.4 is 5.63 Å². The fraction of sp³-hybridized carbons (Fsp3) is 0.167. The van der Waals surface area contributed by atoms with Gasteiger partial charge in [0.1, 0.15) is 5.58 Å². The quantitative estimate of drug-likeness (QED) is 0.463. The molecule has 4 heteroatoms. The van der Waals surface area contributed by atoms with Crippen LogP contribution in [0.2, 0.25) is 0 Å². The van der Waals surface area contributed by atoms with E-state index >= 15 is 0 Å². The minimum Gasteiger partial charge on any atom is -0.422 e. The van der Waals surface area contributed by atoms with Crippen LogP contribution in [0.4, 0.5) is 0 Å². The van der Waals surface area contributed by atoms with Crippen LogP contribution in [0.5, 0.6) is 0 Å². The van der Waals surface area contributed by atoms with Crippen molar-refractivity contribution in [3.05, 3.63) is 40.8 Å². The molecule has 0 aliphatic rings. The zero-order valence-electron chi connectivity index (χ0n) is 8.47. The Labute approximate surface area is 96.7 Å². The highest BCUT2D eigenvalue weighted by atomic mass is 32.2. The number of fused-ring (bicyclic) bond motifs is 1. The largest absolute Gasteiger partial charge is 0.422 e. The monoisotopic (exact) mass is 231 g/mol. The van der Waals surface area contributed by atoms with Crippen molar-refractivity contribution in [1.82, 2.24) is 0 Å². The smallest absolute Gasteiger partial charge is 0.350 e. The van der Waals surface area contributed by atoms with Crippen LogP contribution in [-0.4, -0.2) is 5.75 Å². The van der Waals surface area contributed by atoms with Crippen LogP contribution >= 0.6 is 11.8 Å². The number of benzene rings is 1. The van der Waals surface area contributed by atoms with Crippen LogP contribution in [0.25, 0.3) is 11.0 Å². The second kappa shape index (κ2) is 4.86. The molecule has 0 radical (unpaired) electrons. The molecule has 80 valence electrons. The van der Waals surface area contributed by atoms with Crippen molar-refractivity contribution in [3.63, 3.8) is 0 Å². The molecule has 0 amide bonds. The summed E-state index contributed by atoms with van der Waals surface area (Å²) in [7, 11) is 0. The standard InChI is InChI=1S/C12H9NO2S/c13-6-3-7-16-11-8-9-4-1-2-5-10(9)15-12(11)14/h1-2,4-5,8H,3,7H2. The highest BCUT2D eigenvalue weighted by Gasteiger charge is 2.04. The van der Waals surface area contributed by atoms with E-state index in [0.717, 1.165) is 5.39 Å². The van der Waals surface area contributed by atoms with E-state index in [4.69, 9.17) is 9.68 Å². The summed E-state index contributed by atoms with van der Waals surface area (Å²) < 4.78 is 5.16.